The molecule has 0 bridgehead atoms. The van der Waals surface area contributed by atoms with Crippen LogP contribution in [-0.4, -0.2) is 20.9 Å². The summed E-state index contributed by atoms with van der Waals surface area (Å²) in [6, 6.07) is 7.90. The fourth-order valence-corrected chi connectivity index (χ4v) is 2.24. The minimum Gasteiger partial charge on any atom is -0.467 e. The molecule has 0 saturated carbocycles. The highest BCUT2D eigenvalue weighted by atomic mass is 19.1. The van der Waals surface area contributed by atoms with E-state index in [0.29, 0.717) is 17.1 Å². The van der Waals surface area contributed by atoms with Gasteiger partial charge in [-0.3, -0.25) is 4.79 Å². The van der Waals surface area contributed by atoms with Crippen LogP contribution < -0.4 is 5.32 Å². The number of carbonyl (C=O) groups excluding carboxylic acids is 1. The lowest BCUT2D eigenvalue weighted by Crippen LogP contribution is -2.23. The van der Waals surface area contributed by atoms with E-state index >= 15 is 0 Å². The van der Waals surface area contributed by atoms with Gasteiger partial charge >= 0.3 is 0 Å². The molecule has 0 radical (unpaired) electrons. The Morgan fingerprint density at radius 1 is 1.35 bits per heavy atom. The van der Waals surface area contributed by atoms with Gasteiger partial charge in [0.1, 0.15) is 11.6 Å². The Balaban J connectivity index is 1.84. The van der Waals surface area contributed by atoms with Crippen molar-refractivity contribution in [2.24, 2.45) is 0 Å². The number of carbonyl (C=O) groups is 1. The number of rotatable bonds is 4. The van der Waals surface area contributed by atoms with Gasteiger partial charge in [-0.1, -0.05) is 11.3 Å². The van der Waals surface area contributed by atoms with E-state index in [1.165, 1.54) is 23.1 Å². The molecule has 6 nitrogen and oxygen atoms in total. The lowest BCUT2D eigenvalue weighted by molar-refractivity contribution is 0.0942. The van der Waals surface area contributed by atoms with Crippen molar-refractivity contribution in [3.05, 3.63) is 65.1 Å². The molecule has 0 spiro atoms. The van der Waals surface area contributed by atoms with Gasteiger partial charge in [0, 0.05) is 0 Å². The molecule has 0 fully saturated rings. The summed E-state index contributed by atoms with van der Waals surface area (Å²) in [6.07, 6.45) is 1.54. The van der Waals surface area contributed by atoms with Crippen molar-refractivity contribution in [2.75, 3.05) is 0 Å². The molecule has 0 aliphatic heterocycles. The van der Waals surface area contributed by atoms with E-state index < -0.39 is 0 Å². The monoisotopic (exact) mass is 314 g/mol. The summed E-state index contributed by atoms with van der Waals surface area (Å²) in [6.45, 7) is 3.82. The first kappa shape index (κ1) is 15.0. The average Bonchev–Trinajstić information content (AvgIpc) is 3.17. The van der Waals surface area contributed by atoms with Gasteiger partial charge in [-0.25, -0.2) is 9.07 Å². The molecule has 1 N–H and O–H groups in total. The lowest BCUT2D eigenvalue weighted by Gasteiger charge is -2.07. The first-order valence-corrected chi connectivity index (χ1v) is 7.05. The minimum atomic E-state index is -0.371. The third-order valence-electron chi connectivity index (χ3n) is 3.51. The van der Waals surface area contributed by atoms with Crippen LogP contribution in [0, 0.1) is 19.7 Å². The Labute approximate surface area is 131 Å². The molecule has 118 valence electrons. The summed E-state index contributed by atoms with van der Waals surface area (Å²) in [5, 5.41) is 10.6. The van der Waals surface area contributed by atoms with Crippen molar-refractivity contribution in [1.29, 1.82) is 0 Å². The van der Waals surface area contributed by atoms with Crippen LogP contribution in [0.2, 0.25) is 0 Å². The van der Waals surface area contributed by atoms with E-state index in [4.69, 9.17) is 4.42 Å². The normalized spacial score (nSPS) is 10.7. The minimum absolute atomic E-state index is 0.195. The standard InChI is InChI=1S/C16H15FN4O2/c1-10-5-6-12(17)8-14(10)21-11(2)15(19-20-21)16(22)18-9-13-4-3-7-23-13/h3-8H,9H2,1-2H3,(H,18,22). The molecule has 2 aromatic heterocycles. The fourth-order valence-electron chi connectivity index (χ4n) is 2.24. The summed E-state index contributed by atoms with van der Waals surface area (Å²) in [5.41, 5.74) is 2.12. The fraction of sp³-hybridized carbons (Fsp3) is 0.188. The second-order valence-electron chi connectivity index (χ2n) is 5.13. The molecule has 0 saturated heterocycles. The highest BCUT2D eigenvalue weighted by Crippen LogP contribution is 2.17. The number of nitrogens with one attached hydrogen (secondary N) is 1. The predicted octanol–water partition coefficient (Wildman–Crippen LogP) is 2.55. The maximum absolute atomic E-state index is 13.5. The topological polar surface area (TPSA) is 73.0 Å². The Hall–Kier alpha value is -2.96. The molecule has 3 aromatic rings. The zero-order chi connectivity index (χ0) is 16.4. The number of furan rings is 1. The molecule has 1 amide bonds. The molecular weight excluding hydrogens is 299 g/mol. The van der Waals surface area contributed by atoms with Crippen LogP contribution in [0.5, 0.6) is 0 Å². The van der Waals surface area contributed by atoms with Crippen LogP contribution >= 0.6 is 0 Å². The van der Waals surface area contributed by atoms with Crippen molar-refractivity contribution in [1.82, 2.24) is 20.3 Å². The molecule has 2 heterocycles. The van der Waals surface area contributed by atoms with Crippen molar-refractivity contribution in [2.45, 2.75) is 20.4 Å². The molecule has 7 heteroatoms. The van der Waals surface area contributed by atoms with Crippen LogP contribution in [0.15, 0.2) is 41.0 Å². The van der Waals surface area contributed by atoms with E-state index in [1.54, 1.807) is 25.1 Å². The van der Waals surface area contributed by atoms with Gasteiger partial charge in [-0.05, 0) is 43.7 Å². The molecule has 3 rings (SSSR count). The summed E-state index contributed by atoms with van der Waals surface area (Å²) < 4.78 is 20.1. The van der Waals surface area contributed by atoms with Crippen LogP contribution in [0.25, 0.3) is 5.69 Å². The molecule has 0 atom stereocenters. The molecule has 0 aliphatic rings. The van der Waals surface area contributed by atoms with Crippen LogP contribution in [-0.2, 0) is 6.54 Å². The average molecular weight is 314 g/mol. The number of nitrogens with zero attached hydrogens (tertiary/aromatic N) is 3. The number of halogens is 1. The zero-order valence-electron chi connectivity index (χ0n) is 12.7. The van der Waals surface area contributed by atoms with Gasteiger partial charge < -0.3 is 9.73 Å². The number of hydrogen-bond acceptors (Lipinski definition) is 4. The predicted molar refractivity (Wildman–Crippen MR) is 80.7 cm³/mol. The summed E-state index contributed by atoms with van der Waals surface area (Å²) >= 11 is 0. The molecule has 0 unspecified atom stereocenters. The Kier molecular flexibility index (Phi) is 3.92. The van der Waals surface area contributed by atoms with Gasteiger partial charge in [-0.2, -0.15) is 0 Å². The van der Waals surface area contributed by atoms with Crippen LogP contribution in [0.1, 0.15) is 27.5 Å². The molecule has 1 aromatic carbocycles. The first-order valence-electron chi connectivity index (χ1n) is 7.05. The second kappa shape index (κ2) is 6.04. The largest absolute Gasteiger partial charge is 0.467 e. The van der Waals surface area contributed by atoms with Crippen LogP contribution in [0.4, 0.5) is 4.39 Å². The van der Waals surface area contributed by atoms with E-state index in [9.17, 15) is 9.18 Å². The van der Waals surface area contributed by atoms with Crippen molar-refractivity contribution in [3.63, 3.8) is 0 Å². The van der Waals surface area contributed by atoms with Gasteiger partial charge in [0.2, 0.25) is 0 Å². The molecular formula is C16H15FN4O2. The number of aromatic nitrogens is 3. The van der Waals surface area contributed by atoms with Gasteiger partial charge in [0.15, 0.2) is 5.69 Å². The zero-order valence-corrected chi connectivity index (χ0v) is 12.7. The SMILES string of the molecule is Cc1ccc(F)cc1-n1nnc(C(=O)NCc2ccco2)c1C. The highest BCUT2D eigenvalue weighted by Gasteiger charge is 2.18. The van der Waals surface area contributed by atoms with Gasteiger partial charge in [0.05, 0.1) is 24.2 Å². The number of amides is 1. The van der Waals surface area contributed by atoms with Gasteiger partial charge in [0.25, 0.3) is 5.91 Å². The Bertz CT molecular complexity index is 840. The summed E-state index contributed by atoms with van der Waals surface area (Å²) in [7, 11) is 0. The number of aryl methyl sites for hydroxylation is 1. The molecule has 23 heavy (non-hydrogen) atoms. The van der Waals surface area contributed by atoms with Crippen molar-refractivity contribution < 1.29 is 13.6 Å². The van der Waals surface area contributed by atoms with Crippen molar-refractivity contribution in [3.8, 4) is 5.69 Å². The number of benzene rings is 1. The second-order valence-corrected chi connectivity index (χ2v) is 5.13. The van der Waals surface area contributed by atoms with Crippen LogP contribution in [0.3, 0.4) is 0 Å². The maximum atomic E-state index is 13.5. The Morgan fingerprint density at radius 3 is 2.91 bits per heavy atom. The summed E-state index contributed by atoms with van der Waals surface area (Å²) in [4.78, 5) is 12.2. The van der Waals surface area contributed by atoms with E-state index in [2.05, 4.69) is 15.6 Å². The number of hydrogen-bond donors (Lipinski definition) is 1. The summed E-state index contributed by atoms with van der Waals surface area (Å²) in [5.74, 6) is -0.0899. The first-order chi connectivity index (χ1) is 11.1. The van der Waals surface area contributed by atoms with E-state index in [1.807, 2.05) is 6.92 Å². The smallest absolute Gasteiger partial charge is 0.274 e. The van der Waals surface area contributed by atoms with E-state index in [0.717, 1.165) is 5.56 Å². The maximum Gasteiger partial charge on any atom is 0.274 e. The lowest BCUT2D eigenvalue weighted by atomic mass is 10.2. The quantitative estimate of drug-likeness (QED) is 0.803. The third kappa shape index (κ3) is 2.98. The highest BCUT2D eigenvalue weighted by molar-refractivity contribution is 5.93. The van der Waals surface area contributed by atoms with E-state index in [-0.39, 0.29) is 24.0 Å². The Morgan fingerprint density at radius 2 is 2.17 bits per heavy atom. The third-order valence-corrected chi connectivity index (χ3v) is 3.51. The van der Waals surface area contributed by atoms with Gasteiger partial charge in [-0.15, -0.1) is 5.10 Å². The van der Waals surface area contributed by atoms with Crippen molar-refractivity contribution >= 4 is 5.91 Å². The molecule has 0 aliphatic carbocycles.